The predicted molar refractivity (Wildman–Crippen MR) is 110 cm³/mol. The zero-order valence-corrected chi connectivity index (χ0v) is 15.4. The Morgan fingerprint density at radius 1 is 0.615 bits per heavy atom. The van der Waals surface area contributed by atoms with Gasteiger partial charge in [0.25, 0.3) is 0 Å². The molecule has 0 bridgehead atoms. The van der Waals surface area contributed by atoms with Gasteiger partial charge in [0.1, 0.15) is 0 Å². The van der Waals surface area contributed by atoms with Crippen LogP contribution < -0.4 is 0 Å². The lowest BCUT2D eigenvalue weighted by Gasteiger charge is -2.06. The molecule has 132 valence electrons. The highest BCUT2D eigenvalue weighted by molar-refractivity contribution is 5.96. The summed E-state index contributed by atoms with van der Waals surface area (Å²) in [5.41, 5.74) is 5.58. The van der Waals surface area contributed by atoms with E-state index in [0.29, 0.717) is 6.42 Å². The summed E-state index contributed by atoms with van der Waals surface area (Å²) in [7, 11) is 0. The van der Waals surface area contributed by atoms with E-state index in [1.165, 1.54) is 29.5 Å². The average Bonchev–Trinajstić information content (AvgIpc) is 2.72. The van der Waals surface area contributed by atoms with E-state index >= 15 is 0 Å². The molecule has 0 atom stereocenters. The van der Waals surface area contributed by atoms with Crippen LogP contribution in [-0.2, 0) is 0 Å². The van der Waals surface area contributed by atoms with Crippen LogP contribution in [0.5, 0.6) is 0 Å². The topological polar surface area (TPSA) is 17.1 Å². The van der Waals surface area contributed by atoms with Gasteiger partial charge in [0.15, 0.2) is 5.78 Å². The third-order valence-corrected chi connectivity index (χ3v) is 4.79. The second-order valence-corrected chi connectivity index (χ2v) is 6.75. The average molecular weight is 342 g/mol. The summed E-state index contributed by atoms with van der Waals surface area (Å²) in [6.45, 7) is 2.19. The fourth-order valence-corrected chi connectivity index (χ4v) is 3.19. The van der Waals surface area contributed by atoms with Crippen molar-refractivity contribution >= 4 is 5.78 Å². The Kier molecular flexibility index (Phi) is 6.38. The van der Waals surface area contributed by atoms with Crippen LogP contribution in [0.4, 0.5) is 0 Å². The molecular formula is C25H26O. The molecule has 0 aliphatic carbocycles. The lowest BCUT2D eigenvalue weighted by molar-refractivity contribution is 0.0979. The van der Waals surface area contributed by atoms with Crippen LogP contribution in [0.3, 0.4) is 0 Å². The smallest absolute Gasteiger partial charge is 0.162 e. The minimum Gasteiger partial charge on any atom is -0.294 e. The van der Waals surface area contributed by atoms with Crippen molar-refractivity contribution in [2.24, 2.45) is 0 Å². The maximum atomic E-state index is 12.3. The van der Waals surface area contributed by atoms with Crippen molar-refractivity contribution in [1.82, 2.24) is 0 Å². The summed E-state index contributed by atoms with van der Waals surface area (Å²) in [6.07, 6.45) is 5.21. The molecule has 1 nitrogen and oxygen atoms in total. The van der Waals surface area contributed by atoms with Gasteiger partial charge in [0.05, 0.1) is 0 Å². The number of hydrogen-bond donors (Lipinski definition) is 0. The Morgan fingerprint density at radius 3 is 1.65 bits per heavy atom. The number of hydrogen-bond acceptors (Lipinski definition) is 1. The molecule has 0 unspecified atom stereocenters. The van der Waals surface area contributed by atoms with Crippen LogP contribution in [0.2, 0.25) is 0 Å². The van der Waals surface area contributed by atoms with E-state index in [0.717, 1.165) is 24.0 Å². The van der Waals surface area contributed by atoms with Crippen LogP contribution in [0.15, 0.2) is 78.9 Å². The normalized spacial score (nSPS) is 10.7. The monoisotopic (exact) mass is 342 g/mol. The lowest BCUT2D eigenvalue weighted by atomic mass is 9.98. The van der Waals surface area contributed by atoms with Crippen molar-refractivity contribution in [3.8, 4) is 22.3 Å². The van der Waals surface area contributed by atoms with Gasteiger partial charge in [0, 0.05) is 12.0 Å². The van der Waals surface area contributed by atoms with E-state index in [-0.39, 0.29) is 5.78 Å². The fourth-order valence-electron chi connectivity index (χ4n) is 3.19. The SMILES string of the molecule is CCCCCCC(=O)c1ccc(-c2ccc(-c3ccccc3)cc2)cc1. The van der Waals surface area contributed by atoms with Crippen LogP contribution in [0, 0.1) is 0 Å². The minimum atomic E-state index is 0.257. The molecule has 0 aliphatic heterocycles. The summed E-state index contributed by atoms with van der Waals surface area (Å²) in [6, 6.07) is 27.0. The van der Waals surface area contributed by atoms with Crippen molar-refractivity contribution in [3.63, 3.8) is 0 Å². The molecule has 0 amide bonds. The Bertz CT molecular complexity index is 814. The number of ketones is 1. The second-order valence-electron chi connectivity index (χ2n) is 6.75. The van der Waals surface area contributed by atoms with Gasteiger partial charge in [-0.05, 0) is 28.7 Å². The van der Waals surface area contributed by atoms with Crippen molar-refractivity contribution in [2.75, 3.05) is 0 Å². The first-order valence-electron chi connectivity index (χ1n) is 9.57. The fraction of sp³-hybridized carbons (Fsp3) is 0.240. The van der Waals surface area contributed by atoms with Crippen LogP contribution in [0.1, 0.15) is 49.4 Å². The molecule has 0 saturated carbocycles. The summed E-state index contributed by atoms with van der Waals surface area (Å²) in [5, 5.41) is 0. The molecule has 0 heterocycles. The van der Waals surface area contributed by atoms with Crippen molar-refractivity contribution in [1.29, 1.82) is 0 Å². The van der Waals surface area contributed by atoms with Crippen molar-refractivity contribution < 1.29 is 4.79 Å². The number of unbranched alkanes of at least 4 members (excludes halogenated alkanes) is 3. The lowest BCUT2D eigenvalue weighted by Crippen LogP contribution is -1.98. The van der Waals surface area contributed by atoms with Gasteiger partial charge >= 0.3 is 0 Å². The quantitative estimate of drug-likeness (QED) is 0.313. The number of benzene rings is 3. The van der Waals surface area contributed by atoms with Gasteiger partial charge < -0.3 is 0 Å². The van der Waals surface area contributed by atoms with Crippen molar-refractivity contribution in [2.45, 2.75) is 39.0 Å². The summed E-state index contributed by atoms with van der Waals surface area (Å²) in [4.78, 5) is 12.3. The zero-order valence-electron chi connectivity index (χ0n) is 15.4. The van der Waals surface area contributed by atoms with Gasteiger partial charge in [-0.1, -0.05) is 105 Å². The number of carbonyl (C=O) groups excluding carboxylic acids is 1. The maximum Gasteiger partial charge on any atom is 0.162 e. The molecule has 3 rings (SSSR count). The third-order valence-electron chi connectivity index (χ3n) is 4.79. The Balaban J connectivity index is 1.66. The van der Waals surface area contributed by atoms with Crippen LogP contribution in [0.25, 0.3) is 22.3 Å². The molecule has 3 aromatic rings. The molecular weight excluding hydrogens is 316 g/mol. The molecule has 3 aromatic carbocycles. The molecule has 0 aliphatic rings. The Morgan fingerprint density at radius 2 is 1.12 bits per heavy atom. The van der Waals surface area contributed by atoms with E-state index in [1.54, 1.807) is 0 Å². The largest absolute Gasteiger partial charge is 0.294 e. The van der Waals surface area contributed by atoms with E-state index in [2.05, 4.69) is 67.6 Å². The summed E-state index contributed by atoms with van der Waals surface area (Å²) in [5.74, 6) is 0.257. The first kappa shape index (κ1) is 18.1. The highest BCUT2D eigenvalue weighted by Crippen LogP contribution is 2.25. The molecule has 0 N–H and O–H groups in total. The van der Waals surface area contributed by atoms with E-state index in [9.17, 15) is 4.79 Å². The van der Waals surface area contributed by atoms with Crippen LogP contribution >= 0.6 is 0 Å². The molecule has 0 saturated heterocycles. The molecule has 0 radical (unpaired) electrons. The number of Topliss-reactive ketones (excluding diaryl/α,β-unsaturated/α-hetero) is 1. The first-order valence-corrected chi connectivity index (χ1v) is 9.57. The minimum absolute atomic E-state index is 0.257. The van der Waals surface area contributed by atoms with Gasteiger partial charge in [-0.3, -0.25) is 4.79 Å². The van der Waals surface area contributed by atoms with E-state index < -0.39 is 0 Å². The number of carbonyl (C=O) groups is 1. The van der Waals surface area contributed by atoms with Gasteiger partial charge in [-0.2, -0.15) is 0 Å². The Labute approximate surface area is 156 Å². The Hall–Kier alpha value is -2.67. The van der Waals surface area contributed by atoms with Gasteiger partial charge in [-0.25, -0.2) is 0 Å². The highest BCUT2D eigenvalue weighted by atomic mass is 16.1. The standard InChI is InChI=1S/C25H26O/c1-2-3-4-8-11-25(26)24-18-16-23(17-19-24)22-14-12-21(13-15-22)20-9-6-5-7-10-20/h5-7,9-10,12-19H,2-4,8,11H2,1H3. The second kappa shape index (κ2) is 9.15. The molecule has 0 fully saturated rings. The third kappa shape index (κ3) is 4.70. The molecule has 26 heavy (non-hydrogen) atoms. The maximum absolute atomic E-state index is 12.3. The van der Waals surface area contributed by atoms with Crippen molar-refractivity contribution in [3.05, 3.63) is 84.4 Å². The predicted octanol–water partition coefficient (Wildman–Crippen LogP) is 7.17. The highest BCUT2D eigenvalue weighted by Gasteiger charge is 2.06. The van der Waals surface area contributed by atoms with Crippen LogP contribution in [-0.4, -0.2) is 5.78 Å². The van der Waals surface area contributed by atoms with E-state index in [1.807, 2.05) is 18.2 Å². The zero-order chi connectivity index (χ0) is 18.2. The van der Waals surface area contributed by atoms with Gasteiger partial charge in [-0.15, -0.1) is 0 Å². The number of rotatable bonds is 8. The van der Waals surface area contributed by atoms with Gasteiger partial charge in [0.2, 0.25) is 0 Å². The molecule has 0 aromatic heterocycles. The van der Waals surface area contributed by atoms with E-state index in [4.69, 9.17) is 0 Å². The first-order chi connectivity index (χ1) is 12.8. The molecule has 0 spiro atoms. The molecule has 1 heteroatoms. The summed E-state index contributed by atoms with van der Waals surface area (Å²) >= 11 is 0. The summed E-state index contributed by atoms with van der Waals surface area (Å²) < 4.78 is 0.